The predicted molar refractivity (Wildman–Crippen MR) is 105 cm³/mol. The van der Waals surface area contributed by atoms with Crippen LogP contribution in [0.1, 0.15) is 49.6 Å². The van der Waals surface area contributed by atoms with Crippen LogP contribution in [0.3, 0.4) is 0 Å². The Bertz CT molecular complexity index is 1220. The second-order valence-electron chi connectivity index (χ2n) is 8.41. The average molecular weight is 375 g/mol. The summed E-state index contributed by atoms with van der Waals surface area (Å²) >= 11 is 0. The Morgan fingerprint density at radius 3 is 2.64 bits per heavy atom. The Balaban J connectivity index is 1.85. The van der Waals surface area contributed by atoms with Crippen LogP contribution in [-0.4, -0.2) is 25.4 Å². The molecule has 3 aromatic rings. The molecule has 28 heavy (non-hydrogen) atoms. The lowest BCUT2D eigenvalue weighted by Gasteiger charge is -2.38. The van der Waals surface area contributed by atoms with Crippen molar-refractivity contribution < 1.29 is 4.79 Å². The van der Waals surface area contributed by atoms with Gasteiger partial charge in [0.15, 0.2) is 5.78 Å². The number of rotatable bonds is 1. The Hall–Kier alpha value is -3.22. The zero-order chi connectivity index (χ0) is 19.6. The molecule has 0 spiro atoms. The third-order valence-corrected chi connectivity index (χ3v) is 5.55. The third-order valence-electron chi connectivity index (χ3n) is 5.55. The fourth-order valence-electron chi connectivity index (χ4n) is 4.48. The first-order valence-electron chi connectivity index (χ1n) is 9.42. The summed E-state index contributed by atoms with van der Waals surface area (Å²) in [5.74, 6) is 1.23. The number of carbonyl (C=O) groups excluding carboxylic acids is 1. The van der Waals surface area contributed by atoms with Gasteiger partial charge in [0.05, 0.1) is 5.56 Å². The zero-order valence-electron chi connectivity index (χ0n) is 16.0. The van der Waals surface area contributed by atoms with E-state index in [1.54, 1.807) is 11.4 Å². The molecule has 0 amide bonds. The molecule has 2 N–H and O–H groups in total. The number of allylic oxidation sites excluding steroid dienone is 2. The highest BCUT2D eigenvalue weighted by Gasteiger charge is 2.42. The molecule has 0 saturated heterocycles. The highest BCUT2D eigenvalue weighted by atomic mass is 16.1. The van der Waals surface area contributed by atoms with Crippen LogP contribution < -0.4 is 10.9 Å². The standard InChI is InChI=1S/C21H21N5O2/c1-11-22-20-24-19(28)17-15(12-7-5-4-6-8-12)16-13(23-18(17)26(20)25-11)9-21(2,3)10-14(16)27/h4-8,15,23H,9-10H2,1-3H3,(H,22,24,25,28)/t15-/m1/s1. The number of benzene rings is 1. The van der Waals surface area contributed by atoms with Crippen LogP contribution in [0.2, 0.25) is 0 Å². The third kappa shape index (κ3) is 2.42. The molecule has 7 heteroatoms. The Kier molecular flexibility index (Phi) is 3.41. The number of hydrogen-bond acceptors (Lipinski definition) is 5. The van der Waals surface area contributed by atoms with Gasteiger partial charge in [-0.05, 0) is 24.3 Å². The van der Waals surface area contributed by atoms with Crippen LogP contribution in [0.4, 0.5) is 5.82 Å². The van der Waals surface area contributed by atoms with Gasteiger partial charge >= 0.3 is 0 Å². The molecular formula is C21H21N5O2. The minimum atomic E-state index is -0.422. The Morgan fingerprint density at radius 2 is 1.89 bits per heavy atom. The molecule has 2 aliphatic rings. The zero-order valence-corrected chi connectivity index (χ0v) is 16.0. The molecular weight excluding hydrogens is 354 g/mol. The van der Waals surface area contributed by atoms with Crippen molar-refractivity contribution in [2.24, 2.45) is 5.41 Å². The van der Waals surface area contributed by atoms with Gasteiger partial charge in [-0.3, -0.25) is 14.6 Å². The van der Waals surface area contributed by atoms with Crippen molar-refractivity contribution in [2.75, 3.05) is 5.32 Å². The fourth-order valence-corrected chi connectivity index (χ4v) is 4.48. The SMILES string of the molecule is Cc1nc2[nH]c(=O)c3c(n2n1)NC1=C(C(=O)CC(C)(C)C1)[C@H]3c1ccccc1. The topological polar surface area (TPSA) is 92.2 Å². The molecule has 5 rings (SSSR count). The number of Topliss-reactive ketones (excluding diaryl/α,β-unsaturated/α-hetero) is 1. The van der Waals surface area contributed by atoms with Crippen LogP contribution in [-0.2, 0) is 4.79 Å². The van der Waals surface area contributed by atoms with Crippen molar-refractivity contribution in [3.8, 4) is 0 Å². The lowest BCUT2D eigenvalue weighted by molar-refractivity contribution is -0.118. The van der Waals surface area contributed by atoms with Gasteiger partial charge in [-0.1, -0.05) is 44.2 Å². The molecule has 142 valence electrons. The van der Waals surface area contributed by atoms with E-state index in [0.717, 1.165) is 17.7 Å². The number of nitrogens with zero attached hydrogens (tertiary/aromatic N) is 3. The lowest BCUT2D eigenvalue weighted by atomic mass is 9.69. The second-order valence-corrected chi connectivity index (χ2v) is 8.41. The molecule has 1 aromatic carbocycles. The molecule has 1 aliphatic heterocycles. The number of carbonyl (C=O) groups is 1. The molecule has 2 aromatic heterocycles. The minimum Gasteiger partial charge on any atom is -0.343 e. The number of aromatic amines is 1. The fraction of sp³-hybridized carbons (Fsp3) is 0.333. The van der Waals surface area contributed by atoms with E-state index >= 15 is 0 Å². The highest BCUT2D eigenvalue weighted by Crippen LogP contribution is 2.47. The molecule has 1 atom stereocenters. The van der Waals surface area contributed by atoms with E-state index in [-0.39, 0.29) is 16.8 Å². The van der Waals surface area contributed by atoms with Gasteiger partial charge in [-0.15, -0.1) is 5.10 Å². The molecule has 0 unspecified atom stereocenters. The largest absolute Gasteiger partial charge is 0.343 e. The number of anilines is 1. The van der Waals surface area contributed by atoms with Crippen LogP contribution in [0, 0.1) is 12.3 Å². The first kappa shape index (κ1) is 16.9. The summed E-state index contributed by atoms with van der Waals surface area (Å²) in [4.78, 5) is 33.4. The number of fused-ring (bicyclic) bond motifs is 3. The quantitative estimate of drug-likeness (QED) is 0.682. The van der Waals surface area contributed by atoms with E-state index in [0.29, 0.717) is 35.0 Å². The second kappa shape index (κ2) is 5.64. The Morgan fingerprint density at radius 1 is 1.14 bits per heavy atom. The van der Waals surface area contributed by atoms with Crippen molar-refractivity contribution in [2.45, 2.75) is 39.5 Å². The van der Waals surface area contributed by atoms with Crippen LogP contribution in [0.15, 0.2) is 46.4 Å². The lowest BCUT2D eigenvalue weighted by Crippen LogP contribution is -2.37. The van der Waals surface area contributed by atoms with Gasteiger partial charge in [0.1, 0.15) is 11.6 Å². The molecule has 0 fully saturated rings. The van der Waals surface area contributed by atoms with E-state index in [2.05, 4.69) is 34.2 Å². The molecule has 0 radical (unpaired) electrons. The minimum absolute atomic E-state index is 0.0903. The predicted octanol–water partition coefficient (Wildman–Crippen LogP) is 2.93. The molecule has 3 heterocycles. The monoisotopic (exact) mass is 375 g/mol. The maximum atomic E-state index is 13.2. The summed E-state index contributed by atoms with van der Waals surface area (Å²) < 4.78 is 1.64. The van der Waals surface area contributed by atoms with Crippen molar-refractivity contribution in [1.82, 2.24) is 19.6 Å². The van der Waals surface area contributed by atoms with Gasteiger partial charge in [0.25, 0.3) is 5.56 Å². The number of hydrogen-bond donors (Lipinski definition) is 2. The number of ketones is 1. The summed E-state index contributed by atoms with van der Waals surface area (Å²) in [5, 5.41) is 7.84. The number of H-pyrrole nitrogens is 1. The molecule has 0 saturated carbocycles. The van der Waals surface area contributed by atoms with E-state index < -0.39 is 5.92 Å². The highest BCUT2D eigenvalue weighted by molar-refractivity contribution is 6.01. The number of aromatic nitrogens is 4. The van der Waals surface area contributed by atoms with Gasteiger partial charge in [-0.2, -0.15) is 9.50 Å². The van der Waals surface area contributed by atoms with Crippen molar-refractivity contribution in [3.05, 3.63) is 68.9 Å². The van der Waals surface area contributed by atoms with Crippen LogP contribution in [0.25, 0.3) is 5.78 Å². The van der Waals surface area contributed by atoms with Gasteiger partial charge in [0.2, 0.25) is 5.78 Å². The number of nitrogens with one attached hydrogen (secondary N) is 2. The number of aryl methyl sites for hydroxylation is 1. The van der Waals surface area contributed by atoms with E-state index in [9.17, 15) is 9.59 Å². The summed E-state index contributed by atoms with van der Waals surface area (Å²) in [7, 11) is 0. The summed E-state index contributed by atoms with van der Waals surface area (Å²) in [6.07, 6.45) is 1.20. The maximum absolute atomic E-state index is 13.2. The Labute approximate surface area is 161 Å². The molecule has 1 aliphatic carbocycles. The van der Waals surface area contributed by atoms with Gasteiger partial charge in [-0.25, -0.2) is 0 Å². The summed E-state index contributed by atoms with van der Waals surface area (Å²) in [5.41, 5.74) is 2.62. The average Bonchev–Trinajstić information content (AvgIpc) is 3.00. The van der Waals surface area contributed by atoms with E-state index in [1.165, 1.54) is 0 Å². The first-order chi connectivity index (χ1) is 13.3. The van der Waals surface area contributed by atoms with E-state index in [4.69, 9.17) is 0 Å². The normalized spacial score (nSPS) is 20.7. The summed E-state index contributed by atoms with van der Waals surface area (Å²) in [6, 6.07) is 9.73. The maximum Gasteiger partial charge on any atom is 0.258 e. The molecule has 0 bridgehead atoms. The van der Waals surface area contributed by atoms with Crippen LogP contribution >= 0.6 is 0 Å². The summed E-state index contributed by atoms with van der Waals surface area (Å²) in [6.45, 7) is 5.97. The van der Waals surface area contributed by atoms with Gasteiger partial charge in [0, 0.05) is 23.6 Å². The van der Waals surface area contributed by atoms with Crippen molar-refractivity contribution >= 4 is 17.4 Å². The molecule has 7 nitrogen and oxygen atoms in total. The smallest absolute Gasteiger partial charge is 0.258 e. The van der Waals surface area contributed by atoms with Crippen molar-refractivity contribution in [1.29, 1.82) is 0 Å². The van der Waals surface area contributed by atoms with E-state index in [1.807, 2.05) is 30.3 Å². The first-order valence-corrected chi connectivity index (χ1v) is 9.42. The van der Waals surface area contributed by atoms with Crippen molar-refractivity contribution in [3.63, 3.8) is 0 Å². The van der Waals surface area contributed by atoms with Crippen LogP contribution in [0.5, 0.6) is 0 Å². The van der Waals surface area contributed by atoms with Gasteiger partial charge < -0.3 is 5.32 Å².